The number of amides is 1. The van der Waals surface area contributed by atoms with Gasteiger partial charge in [-0.3, -0.25) is 4.79 Å². The van der Waals surface area contributed by atoms with Crippen molar-refractivity contribution in [2.45, 2.75) is 12.8 Å². The first-order valence-electron chi connectivity index (χ1n) is 5.56. The highest BCUT2D eigenvalue weighted by Gasteiger charge is 2.21. The zero-order valence-electron chi connectivity index (χ0n) is 9.57. The Morgan fingerprint density at radius 1 is 1.22 bits per heavy atom. The van der Waals surface area contributed by atoms with Crippen molar-refractivity contribution in [3.8, 4) is 0 Å². The minimum atomic E-state index is -0.0782. The van der Waals surface area contributed by atoms with Crippen molar-refractivity contribution in [2.24, 2.45) is 5.16 Å². The second-order valence-electron chi connectivity index (χ2n) is 4.09. The Balaban J connectivity index is 2.10. The van der Waals surface area contributed by atoms with Crippen molar-refractivity contribution < 1.29 is 10.0 Å². The highest BCUT2D eigenvalue weighted by molar-refractivity contribution is 6.42. The number of hydrogen-bond acceptors (Lipinski definition) is 3. The van der Waals surface area contributed by atoms with Gasteiger partial charge in [0.25, 0.3) is 5.91 Å². The molecular weight excluding hydrogens is 275 g/mol. The summed E-state index contributed by atoms with van der Waals surface area (Å²) in [5.41, 5.74) is 1.25. The first-order chi connectivity index (χ1) is 8.61. The summed E-state index contributed by atoms with van der Waals surface area (Å²) >= 11 is 11.7. The summed E-state index contributed by atoms with van der Waals surface area (Å²) in [5, 5.41) is 12.6. The fourth-order valence-corrected chi connectivity index (χ4v) is 2.18. The van der Waals surface area contributed by atoms with Crippen LogP contribution in [0.2, 0.25) is 10.0 Å². The van der Waals surface area contributed by atoms with E-state index in [4.69, 9.17) is 28.4 Å². The number of halogens is 2. The molecule has 0 unspecified atom stereocenters. The van der Waals surface area contributed by atoms with E-state index >= 15 is 0 Å². The molecule has 18 heavy (non-hydrogen) atoms. The third-order valence-electron chi connectivity index (χ3n) is 2.94. The molecule has 0 saturated carbocycles. The normalized spacial score (nSPS) is 15.7. The molecule has 1 fully saturated rings. The number of hydrogen-bond donors (Lipinski definition) is 1. The zero-order chi connectivity index (χ0) is 13.1. The van der Waals surface area contributed by atoms with Crippen molar-refractivity contribution in [2.75, 3.05) is 13.1 Å². The van der Waals surface area contributed by atoms with Gasteiger partial charge in [-0.15, -0.1) is 0 Å². The van der Waals surface area contributed by atoms with Crippen LogP contribution in [0.5, 0.6) is 0 Å². The van der Waals surface area contributed by atoms with E-state index in [1.54, 1.807) is 23.1 Å². The zero-order valence-corrected chi connectivity index (χ0v) is 11.1. The summed E-state index contributed by atoms with van der Waals surface area (Å²) in [6, 6.07) is 4.84. The van der Waals surface area contributed by atoms with Crippen molar-refractivity contribution in [3.05, 3.63) is 33.8 Å². The van der Waals surface area contributed by atoms with Gasteiger partial charge in [-0.1, -0.05) is 28.4 Å². The van der Waals surface area contributed by atoms with Gasteiger partial charge in [0, 0.05) is 31.5 Å². The highest BCUT2D eigenvalue weighted by atomic mass is 35.5. The summed E-state index contributed by atoms with van der Waals surface area (Å²) < 4.78 is 0. The first-order valence-corrected chi connectivity index (χ1v) is 6.31. The lowest BCUT2D eigenvalue weighted by Crippen LogP contribution is -2.38. The molecule has 1 saturated heterocycles. The minimum absolute atomic E-state index is 0.0782. The second kappa shape index (κ2) is 5.59. The maximum Gasteiger partial charge on any atom is 0.253 e. The molecule has 1 amide bonds. The molecule has 96 valence electrons. The van der Waals surface area contributed by atoms with E-state index in [0.29, 0.717) is 41.5 Å². The third kappa shape index (κ3) is 2.76. The summed E-state index contributed by atoms with van der Waals surface area (Å²) in [4.78, 5) is 13.9. The molecule has 0 radical (unpaired) electrons. The molecule has 6 heteroatoms. The number of carbonyl (C=O) groups excluding carboxylic acids is 1. The molecule has 0 bridgehead atoms. The monoisotopic (exact) mass is 286 g/mol. The van der Waals surface area contributed by atoms with E-state index in [1.807, 2.05) is 0 Å². The maximum absolute atomic E-state index is 12.2. The highest BCUT2D eigenvalue weighted by Crippen LogP contribution is 2.23. The van der Waals surface area contributed by atoms with Crippen LogP contribution < -0.4 is 0 Å². The maximum atomic E-state index is 12.2. The van der Waals surface area contributed by atoms with E-state index in [9.17, 15) is 4.79 Å². The van der Waals surface area contributed by atoms with Crippen LogP contribution in [0.4, 0.5) is 0 Å². The number of nitrogens with zero attached hydrogens (tertiary/aromatic N) is 2. The number of carbonyl (C=O) groups is 1. The van der Waals surface area contributed by atoms with Crippen LogP contribution in [-0.4, -0.2) is 34.8 Å². The molecule has 2 rings (SSSR count). The Kier molecular flexibility index (Phi) is 4.09. The van der Waals surface area contributed by atoms with Gasteiger partial charge in [0.1, 0.15) is 0 Å². The Morgan fingerprint density at radius 2 is 1.89 bits per heavy atom. The van der Waals surface area contributed by atoms with Crippen LogP contribution in [0.3, 0.4) is 0 Å². The molecule has 1 heterocycles. The molecule has 0 spiro atoms. The van der Waals surface area contributed by atoms with E-state index in [2.05, 4.69) is 5.16 Å². The van der Waals surface area contributed by atoms with Crippen LogP contribution in [0.15, 0.2) is 23.4 Å². The lowest BCUT2D eigenvalue weighted by molar-refractivity contribution is 0.0753. The summed E-state index contributed by atoms with van der Waals surface area (Å²) in [7, 11) is 0. The van der Waals surface area contributed by atoms with Crippen LogP contribution in [0.1, 0.15) is 23.2 Å². The number of rotatable bonds is 1. The fraction of sp³-hybridized carbons (Fsp3) is 0.333. The van der Waals surface area contributed by atoms with Gasteiger partial charge in [0.2, 0.25) is 0 Å². The largest absolute Gasteiger partial charge is 0.411 e. The molecular formula is C12H12Cl2N2O2. The molecule has 0 aromatic heterocycles. The average molecular weight is 287 g/mol. The Labute approximate surface area is 115 Å². The quantitative estimate of drug-likeness (QED) is 0.637. The van der Waals surface area contributed by atoms with Gasteiger partial charge in [-0.25, -0.2) is 0 Å². The fourth-order valence-electron chi connectivity index (χ4n) is 1.88. The van der Waals surface area contributed by atoms with Gasteiger partial charge >= 0.3 is 0 Å². The minimum Gasteiger partial charge on any atom is -0.411 e. The smallest absolute Gasteiger partial charge is 0.253 e. The number of likely N-dealkylation sites (tertiary alicyclic amines) is 1. The van der Waals surface area contributed by atoms with Crippen molar-refractivity contribution in [3.63, 3.8) is 0 Å². The Morgan fingerprint density at radius 3 is 2.44 bits per heavy atom. The molecule has 0 aliphatic carbocycles. The van der Waals surface area contributed by atoms with Crippen LogP contribution in [-0.2, 0) is 0 Å². The number of piperidine rings is 1. The van der Waals surface area contributed by atoms with Gasteiger partial charge < -0.3 is 10.1 Å². The van der Waals surface area contributed by atoms with Crippen LogP contribution >= 0.6 is 23.2 Å². The van der Waals surface area contributed by atoms with E-state index in [0.717, 1.165) is 5.71 Å². The number of benzene rings is 1. The first kappa shape index (κ1) is 13.2. The van der Waals surface area contributed by atoms with E-state index in [1.165, 1.54) is 0 Å². The number of oxime groups is 1. The van der Waals surface area contributed by atoms with Gasteiger partial charge in [0.05, 0.1) is 15.8 Å². The molecule has 1 aliphatic heterocycles. The van der Waals surface area contributed by atoms with Crippen LogP contribution in [0.25, 0.3) is 0 Å². The second-order valence-corrected chi connectivity index (χ2v) is 4.90. The van der Waals surface area contributed by atoms with Gasteiger partial charge in [-0.05, 0) is 18.2 Å². The molecule has 1 aromatic carbocycles. The lowest BCUT2D eigenvalue weighted by atomic mass is 10.1. The predicted molar refractivity (Wildman–Crippen MR) is 70.8 cm³/mol. The molecule has 1 N–H and O–H groups in total. The molecule has 0 atom stereocenters. The summed E-state index contributed by atoms with van der Waals surface area (Å²) in [6.07, 6.45) is 1.20. The van der Waals surface area contributed by atoms with Crippen molar-refractivity contribution >= 4 is 34.8 Å². The summed E-state index contributed by atoms with van der Waals surface area (Å²) in [6.45, 7) is 1.11. The van der Waals surface area contributed by atoms with Crippen molar-refractivity contribution in [1.29, 1.82) is 0 Å². The topological polar surface area (TPSA) is 52.9 Å². The van der Waals surface area contributed by atoms with Gasteiger partial charge in [-0.2, -0.15) is 0 Å². The standard InChI is InChI=1S/C12H12Cl2N2O2/c13-10-2-1-8(7-11(10)14)12(17)16-5-3-9(15-18)4-6-16/h1-2,7,18H,3-6H2. The summed E-state index contributed by atoms with van der Waals surface area (Å²) in [5.74, 6) is -0.0782. The lowest BCUT2D eigenvalue weighted by Gasteiger charge is -2.27. The SMILES string of the molecule is O=C(c1ccc(Cl)c(Cl)c1)N1CCC(=NO)CC1. The van der Waals surface area contributed by atoms with Gasteiger partial charge in [0.15, 0.2) is 0 Å². The average Bonchev–Trinajstić information content (AvgIpc) is 2.41. The van der Waals surface area contributed by atoms with E-state index in [-0.39, 0.29) is 5.91 Å². The molecule has 4 nitrogen and oxygen atoms in total. The molecule has 1 aliphatic rings. The van der Waals surface area contributed by atoms with Crippen molar-refractivity contribution in [1.82, 2.24) is 4.90 Å². The van der Waals surface area contributed by atoms with E-state index < -0.39 is 0 Å². The third-order valence-corrected chi connectivity index (χ3v) is 3.67. The Bertz CT molecular complexity index is 493. The Hall–Kier alpha value is -1.26. The van der Waals surface area contributed by atoms with Crippen LogP contribution in [0, 0.1) is 0 Å². The predicted octanol–water partition coefficient (Wildman–Crippen LogP) is 3.06. The molecule has 1 aromatic rings.